The van der Waals surface area contributed by atoms with E-state index >= 15 is 0 Å². The minimum Gasteiger partial charge on any atom is -0.486 e. The second-order valence-electron chi connectivity index (χ2n) is 8.94. The molecule has 0 aromatic heterocycles. The molecule has 4 rings (SSSR count). The lowest BCUT2D eigenvalue weighted by atomic mass is 9.77. The van der Waals surface area contributed by atoms with Crippen LogP contribution < -0.4 is 20.1 Å². The lowest BCUT2D eigenvalue weighted by Crippen LogP contribution is -2.49. The minimum atomic E-state index is -0.916. The van der Waals surface area contributed by atoms with E-state index < -0.39 is 42.5 Å². The predicted molar refractivity (Wildman–Crippen MR) is 116 cm³/mol. The third-order valence-electron chi connectivity index (χ3n) is 6.47. The number of nitrogens with zero attached hydrogens (tertiary/aromatic N) is 1. The van der Waals surface area contributed by atoms with E-state index in [0.29, 0.717) is 43.5 Å². The molecule has 178 valence electrons. The van der Waals surface area contributed by atoms with Crippen LogP contribution in [0.3, 0.4) is 0 Å². The maximum atomic E-state index is 12.8. The molecule has 1 saturated heterocycles. The molecule has 1 spiro atoms. The minimum absolute atomic E-state index is 0.355. The van der Waals surface area contributed by atoms with Gasteiger partial charge in [-0.1, -0.05) is 13.0 Å². The van der Waals surface area contributed by atoms with Gasteiger partial charge in [0.1, 0.15) is 25.3 Å². The second kappa shape index (κ2) is 9.29. The molecule has 2 aliphatic heterocycles. The molecule has 1 saturated carbocycles. The summed E-state index contributed by atoms with van der Waals surface area (Å²) in [6.45, 7) is 3.83. The Morgan fingerprint density at radius 1 is 1.21 bits per heavy atom. The lowest BCUT2D eigenvalue weighted by molar-refractivity contribution is -0.151. The number of fused-ring (bicyclic) bond motifs is 1. The van der Waals surface area contributed by atoms with Gasteiger partial charge in [0.05, 0.1) is 6.04 Å². The number of amides is 4. The first kappa shape index (κ1) is 22.9. The molecule has 3 aliphatic rings. The van der Waals surface area contributed by atoms with E-state index in [9.17, 15) is 19.2 Å². The van der Waals surface area contributed by atoms with Gasteiger partial charge < -0.3 is 24.8 Å². The van der Waals surface area contributed by atoms with Crippen LogP contribution in [0.2, 0.25) is 0 Å². The monoisotopic (exact) mass is 459 g/mol. The summed E-state index contributed by atoms with van der Waals surface area (Å²) in [5, 5.41) is 5.50. The van der Waals surface area contributed by atoms with Gasteiger partial charge in [0.15, 0.2) is 18.1 Å². The summed E-state index contributed by atoms with van der Waals surface area (Å²) in [7, 11) is 0. The zero-order chi connectivity index (χ0) is 23.6. The van der Waals surface area contributed by atoms with E-state index in [0.717, 1.165) is 23.3 Å². The van der Waals surface area contributed by atoms with E-state index in [-0.39, 0.29) is 6.04 Å². The number of benzene rings is 1. The van der Waals surface area contributed by atoms with Crippen LogP contribution in [0.25, 0.3) is 0 Å². The highest BCUT2D eigenvalue weighted by atomic mass is 16.6. The quantitative estimate of drug-likeness (QED) is 0.490. The summed E-state index contributed by atoms with van der Waals surface area (Å²) in [6, 6.07) is 4.45. The van der Waals surface area contributed by atoms with Crippen LogP contribution in [0.5, 0.6) is 11.5 Å². The van der Waals surface area contributed by atoms with Crippen molar-refractivity contribution >= 4 is 23.8 Å². The summed E-state index contributed by atoms with van der Waals surface area (Å²) in [5.74, 6) is 0.0606. The molecule has 2 heterocycles. The normalized spacial score (nSPS) is 24.9. The molecule has 1 aliphatic carbocycles. The van der Waals surface area contributed by atoms with Gasteiger partial charge in [0.2, 0.25) is 0 Å². The van der Waals surface area contributed by atoms with Crippen molar-refractivity contribution in [3.8, 4) is 11.5 Å². The van der Waals surface area contributed by atoms with Gasteiger partial charge in [0, 0.05) is 0 Å². The fraction of sp³-hybridized carbons (Fsp3) is 0.565. The van der Waals surface area contributed by atoms with E-state index in [1.165, 1.54) is 0 Å². The molecule has 0 bridgehead atoms. The maximum absolute atomic E-state index is 12.8. The third-order valence-corrected chi connectivity index (χ3v) is 6.47. The van der Waals surface area contributed by atoms with Gasteiger partial charge in [-0.05, 0) is 56.2 Å². The SMILES string of the molecule is CC1CCC2(CC1)NC(=O)N(CC(=O)OCC(=O)N[C@@H](C)c1ccc3c(c1)OCCO3)C2=O. The first-order chi connectivity index (χ1) is 15.8. The maximum Gasteiger partial charge on any atom is 0.326 e. The molecular formula is C23H29N3O7. The van der Waals surface area contributed by atoms with Crippen molar-refractivity contribution in [3.63, 3.8) is 0 Å². The number of rotatable bonds is 6. The van der Waals surface area contributed by atoms with Gasteiger partial charge in [0.25, 0.3) is 11.8 Å². The molecule has 1 aromatic carbocycles. The summed E-state index contributed by atoms with van der Waals surface area (Å²) in [5.41, 5.74) is -0.106. The van der Waals surface area contributed by atoms with Crippen LogP contribution >= 0.6 is 0 Å². The number of hydrogen-bond acceptors (Lipinski definition) is 7. The summed E-state index contributed by atoms with van der Waals surface area (Å²) in [6.07, 6.45) is 2.80. The van der Waals surface area contributed by atoms with Crippen molar-refractivity contribution in [3.05, 3.63) is 23.8 Å². The van der Waals surface area contributed by atoms with Crippen molar-refractivity contribution in [2.75, 3.05) is 26.4 Å². The van der Waals surface area contributed by atoms with Crippen LogP contribution in [0, 0.1) is 5.92 Å². The lowest BCUT2D eigenvalue weighted by Gasteiger charge is -2.33. The van der Waals surface area contributed by atoms with E-state index in [1.807, 2.05) is 6.07 Å². The van der Waals surface area contributed by atoms with Crippen molar-refractivity contribution in [1.29, 1.82) is 0 Å². The molecule has 2 N–H and O–H groups in total. The smallest absolute Gasteiger partial charge is 0.326 e. The second-order valence-corrected chi connectivity index (χ2v) is 8.94. The van der Waals surface area contributed by atoms with Crippen LogP contribution in [0.15, 0.2) is 18.2 Å². The fourth-order valence-corrected chi connectivity index (χ4v) is 4.43. The Morgan fingerprint density at radius 3 is 2.64 bits per heavy atom. The predicted octanol–water partition coefficient (Wildman–Crippen LogP) is 1.68. The highest BCUT2D eigenvalue weighted by molar-refractivity contribution is 6.08. The Morgan fingerprint density at radius 2 is 1.91 bits per heavy atom. The average Bonchev–Trinajstić information content (AvgIpc) is 3.03. The van der Waals surface area contributed by atoms with Crippen molar-refractivity contribution in [2.24, 2.45) is 5.92 Å². The number of urea groups is 1. The molecule has 2 fully saturated rings. The molecule has 0 unspecified atom stereocenters. The van der Waals surface area contributed by atoms with Crippen molar-refractivity contribution in [1.82, 2.24) is 15.5 Å². The van der Waals surface area contributed by atoms with Gasteiger partial charge in [-0.25, -0.2) is 4.79 Å². The van der Waals surface area contributed by atoms with Crippen LogP contribution in [0.4, 0.5) is 4.79 Å². The Labute approximate surface area is 191 Å². The molecule has 1 atom stereocenters. The molecule has 10 heteroatoms. The summed E-state index contributed by atoms with van der Waals surface area (Å²) in [4.78, 5) is 50.5. The molecule has 33 heavy (non-hydrogen) atoms. The Hall–Kier alpha value is -3.30. The first-order valence-electron chi connectivity index (χ1n) is 11.3. The Bertz CT molecular complexity index is 955. The Kier molecular flexibility index (Phi) is 6.44. The van der Waals surface area contributed by atoms with Crippen molar-refractivity contribution in [2.45, 2.75) is 51.1 Å². The molecule has 1 aromatic rings. The summed E-state index contributed by atoms with van der Waals surface area (Å²) >= 11 is 0. The highest BCUT2D eigenvalue weighted by Crippen LogP contribution is 2.36. The topological polar surface area (TPSA) is 123 Å². The molecule has 4 amide bonds. The van der Waals surface area contributed by atoms with Crippen LogP contribution in [-0.4, -0.2) is 60.6 Å². The van der Waals surface area contributed by atoms with Crippen LogP contribution in [0.1, 0.15) is 51.1 Å². The van der Waals surface area contributed by atoms with Gasteiger partial charge in [-0.3, -0.25) is 19.3 Å². The third kappa shape index (κ3) is 4.89. The number of carbonyl (C=O) groups excluding carboxylic acids is 4. The number of hydrogen-bond donors (Lipinski definition) is 2. The fourth-order valence-electron chi connectivity index (χ4n) is 4.43. The molecular weight excluding hydrogens is 430 g/mol. The zero-order valence-corrected chi connectivity index (χ0v) is 18.8. The van der Waals surface area contributed by atoms with E-state index in [1.54, 1.807) is 19.1 Å². The number of nitrogens with one attached hydrogen (secondary N) is 2. The van der Waals surface area contributed by atoms with Gasteiger partial charge >= 0.3 is 12.0 Å². The number of ether oxygens (including phenoxy) is 3. The molecule has 0 radical (unpaired) electrons. The van der Waals surface area contributed by atoms with E-state index in [4.69, 9.17) is 14.2 Å². The van der Waals surface area contributed by atoms with E-state index in [2.05, 4.69) is 17.6 Å². The molecule has 10 nitrogen and oxygen atoms in total. The highest BCUT2D eigenvalue weighted by Gasteiger charge is 2.52. The van der Waals surface area contributed by atoms with Gasteiger partial charge in [-0.2, -0.15) is 0 Å². The number of imide groups is 1. The standard InChI is InChI=1S/C23H29N3O7/c1-14-5-7-23(8-6-14)21(29)26(22(30)25-23)12-20(28)33-13-19(27)24-15(2)16-3-4-17-18(11-16)32-10-9-31-17/h3-4,11,14-15H,5-10,12-13H2,1-2H3,(H,24,27)(H,25,30)/t14?,15-,23?/m0/s1. The van der Waals surface area contributed by atoms with Gasteiger partial charge in [-0.15, -0.1) is 0 Å². The first-order valence-corrected chi connectivity index (χ1v) is 11.3. The average molecular weight is 459 g/mol. The zero-order valence-electron chi connectivity index (χ0n) is 18.8. The summed E-state index contributed by atoms with van der Waals surface area (Å²) < 4.78 is 16.1. The Balaban J connectivity index is 1.25. The largest absolute Gasteiger partial charge is 0.486 e. The van der Waals surface area contributed by atoms with Crippen molar-refractivity contribution < 1.29 is 33.4 Å². The van der Waals surface area contributed by atoms with Crippen LogP contribution in [-0.2, 0) is 19.1 Å². The number of esters is 1. The number of carbonyl (C=O) groups is 4.